The van der Waals surface area contributed by atoms with Crippen molar-refractivity contribution >= 4 is 60.0 Å². The molecule has 24 heavy (non-hydrogen) atoms. The average Bonchev–Trinajstić information content (AvgIpc) is 3.13. The van der Waals surface area contributed by atoms with E-state index < -0.39 is 4.92 Å². The number of nitro benzene ring substituents is 1. The van der Waals surface area contributed by atoms with Gasteiger partial charge in [0.1, 0.15) is 5.75 Å². The fourth-order valence-corrected chi connectivity index (χ4v) is 4.14. The van der Waals surface area contributed by atoms with Crippen LogP contribution in [0.15, 0.2) is 47.5 Å². The molecule has 0 spiro atoms. The molecular formula is C16H9N3O3S2. The molecule has 0 bridgehead atoms. The quantitative estimate of drug-likeness (QED) is 0.322. The number of aromatic nitrogens is 1. The molecule has 2 aromatic heterocycles. The van der Waals surface area contributed by atoms with Crippen LogP contribution in [0.3, 0.4) is 0 Å². The number of benzene rings is 2. The fraction of sp³-hybridized carbons (Fsp3) is 0. The van der Waals surface area contributed by atoms with Crippen LogP contribution < -0.4 is 0 Å². The molecule has 0 saturated carbocycles. The first-order valence-corrected chi connectivity index (χ1v) is 8.54. The lowest BCUT2D eigenvalue weighted by molar-refractivity contribution is -0.384. The molecule has 0 aliphatic carbocycles. The molecular weight excluding hydrogens is 346 g/mol. The number of thiazole rings is 1. The van der Waals surface area contributed by atoms with Crippen molar-refractivity contribution in [3.63, 3.8) is 0 Å². The van der Waals surface area contributed by atoms with Gasteiger partial charge in [-0.05, 0) is 18.2 Å². The van der Waals surface area contributed by atoms with Crippen LogP contribution in [-0.2, 0) is 0 Å². The van der Waals surface area contributed by atoms with E-state index in [-0.39, 0.29) is 11.4 Å². The smallest absolute Gasteiger partial charge is 0.270 e. The number of rotatable bonds is 3. The van der Waals surface area contributed by atoms with Crippen LogP contribution in [0.4, 0.5) is 10.8 Å². The van der Waals surface area contributed by atoms with Gasteiger partial charge in [0.05, 0.1) is 26.2 Å². The molecule has 0 aliphatic rings. The standard InChI is InChI=1S/C16H9N3O3S2/c20-15-10-3-1-2-4-12(10)23-14(15)8-17-16-18-11-6-5-9(19(21)22)7-13(11)24-16/h1-8,20H. The highest BCUT2D eigenvalue weighted by Gasteiger charge is 2.11. The van der Waals surface area contributed by atoms with Gasteiger partial charge in [-0.1, -0.05) is 23.5 Å². The molecule has 0 fully saturated rings. The number of aromatic hydroxyl groups is 1. The monoisotopic (exact) mass is 355 g/mol. The van der Waals surface area contributed by atoms with E-state index in [1.54, 1.807) is 12.3 Å². The van der Waals surface area contributed by atoms with Gasteiger partial charge in [0.25, 0.3) is 5.69 Å². The molecule has 0 amide bonds. The summed E-state index contributed by atoms with van der Waals surface area (Å²) in [6.45, 7) is 0. The molecule has 0 atom stereocenters. The predicted molar refractivity (Wildman–Crippen MR) is 97.0 cm³/mol. The summed E-state index contributed by atoms with van der Waals surface area (Å²) in [5.41, 5.74) is 0.696. The molecule has 2 heterocycles. The van der Waals surface area contributed by atoms with Crippen molar-refractivity contribution in [2.75, 3.05) is 0 Å². The number of hydrogen-bond donors (Lipinski definition) is 1. The molecule has 0 unspecified atom stereocenters. The zero-order valence-electron chi connectivity index (χ0n) is 12.0. The summed E-state index contributed by atoms with van der Waals surface area (Å²) in [5, 5.41) is 22.3. The Labute approximate surface area is 143 Å². The maximum atomic E-state index is 10.8. The van der Waals surface area contributed by atoms with Crippen LogP contribution in [0.2, 0.25) is 0 Å². The van der Waals surface area contributed by atoms with Crippen LogP contribution in [0.5, 0.6) is 5.75 Å². The van der Waals surface area contributed by atoms with E-state index in [2.05, 4.69) is 9.98 Å². The highest BCUT2D eigenvalue weighted by molar-refractivity contribution is 7.22. The van der Waals surface area contributed by atoms with E-state index >= 15 is 0 Å². The van der Waals surface area contributed by atoms with Gasteiger partial charge < -0.3 is 5.11 Å². The summed E-state index contributed by atoms with van der Waals surface area (Å²) in [4.78, 5) is 19.7. The number of thiophene rings is 1. The number of fused-ring (bicyclic) bond motifs is 2. The highest BCUT2D eigenvalue weighted by Crippen LogP contribution is 2.36. The largest absolute Gasteiger partial charge is 0.506 e. The second kappa shape index (κ2) is 5.66. The van der Waals surface area contributed by atoms with Crippen molar-refractivity contribution in [2.45, 2.75) is 0 Å². The SMILES string of the molecule is O=[N+]([O-])c1ccc2nc(N=Cc3sc4ccccc4c3O)sc2c1. The Morgan fingerprint density at radius 2 is 2.00 bits per heavy atom. The van der Waals surface area contributed by atoms with Gasteiger partial charge in [-0.15, -0.1) is 11.3 Å². The van der Waals surface area contributed by atoms with Crippen molar-refractivity contribution < 1.29 is 10.0 Å². The topological polar surface area (TPSA) is 88.6 Å². The van der Waals surface area contributed by atoms with Gasteiger partial charge in [-0.25, -0.2) is 9.98 Å². The Balaban J connectivity index is 1.71. The van der Waals surface area contributed by atoms with E-state index in [1.807, 2.05) is 24.3 Å². The molecule has 0 saturated heterocycles. The Morgan fingerprint density at radius 1 is 1.17 bits per heavy atom. The predicted octanol–water partition coefficient (Wildman–Crippen LogP) is 4.88. The van der Waals surface area contributed by atoms with Gasteiger partial charge in [0, 0.05) is 22.2 Å². The van der Waals surface area contributed by atoms with E-state index in [9.17, 15) is 15.2 Å². The van der Waals surface area contributed by atoms with Crippen molar-refractivity contribution in [3.8, 4) is 5.75 Å². The first-order valence-electron chi connectivity index (χ1n) is 6.91. The molecule has 8 heteroatoms. The first kappa shape index (κ1) is 14.7. The lowest BCUT2D eigenvalue weighted by atomic mass is 10.2. The van der Waals surface area contributed by atoms with E-state index in [1.165, 1.54) is 34.8 Å². The van der Waals surface area contributed by atoms with Crippen LogP contribution in [0, 0.1) is 10.1 Å². The van der Waals surface area contributed by atoms with Gasteiger partial charge in [0.2, 0.25) is 5.13 Å². The summed E-state index contributed by atoms with van der Waals surface area (Å²) in [6, 6.07) is 12.1. The van der Waals surface area contributed by atoms with E-state index in [0.717, 1.165) is 10.1 Å². The summed E-state index contributed by atoms with van der Waals surface area (Å²) >= 11 is 2.71. The average molecular weight is 355 g/mol. The minimum Gasteiger partial charge on any atom is -0.506 e. The maximum Gasteiger partial charge on any atom is 0.270 e. The van der Waals surface area contributed by atoms with Gasteiger partial charge in [-0.2, -0.15) is 0 Å². The summed E-state index contributed by atoms with van der Waals surface area (Å²) in [5.74, 6) is 0.205. The van der Waals surface area contributed by atoms with E-state index in [4.69, 9.17) is 0 Å². The number of aliphatic imine (C=N–C) groups is 1. The third-order valence-electron chi connectivity index (χ3n) is 3.46. The second-order valence-electron chi connectivity index (χ2n) is 4.97. The van der Waals surface area contributed by atoms with Crippen molar-refractivity contribution in [1.82, 2.24) is 4.98 Å². The molecule has 1 N–H and O–H groups in total. The van der Waals surface area contributed by atoms with Crippen LogP contribution in [0.1, 0.15) is 4.88 Å². The van der Waals surface area contributed by atoms with Crippen LogP contribution in [-0.4, -0.2) is 21.2 Å². The fourth-order valence-electron chi connectivity index (χ4n) is 2.32. The maximum absolute atomic E-state index is 10.8. The minimum atomic E-state index is -0.433. The number of hydrogen-bond acceptors (Lipinski definition) is 7. The molecule has 4 rings (SSSR count). The summed E-state index contributed by atoms with van der Waals surface area (Å²) < 4.78 is 1.69. The number of nitro groups is 1. The Hall–Kier alpha value is -2.84. The third-order valence-corrected chi connectivity index (χ3v) is 5.48. The molecule has 0 radical (unpaired) electrons. The lowest BCUT2D eigenvalue weighted by Gasteiger charge is -1.89. The summed E-state index contributed by atoms with van der Waals surface area (Å²) in [7, 11) is 0. The van der Waals surface area contributed by atoms with Crippen LogP contribution in [0.25, 0.3) is 20.3 Å². The van der Waals surface area contributed by atoms with Gasteiger partial charge in [-0.3, -0.25) is 10.1 Å². The molecule has 118 valence electrons. The molecule has 2 aromatic carbocycles. The Morgan fingerprint density at radius 3 is 2.79 bits per heavy atom. The van der Waals surface area contributed by atoms with Crippen molar-refractivity contribution in [1.29, 1.82) is 0 Å². The Bertz CT molecular complexity index is 1110. The zero-order valence-corrected chi connectivity index (χ0v) is 13.7. The normalized spacial score (nSPS) is 11.7. The van der Waals surface area contributed by atoms with Gasteiger partial charge in [0.15, 0.2) is 0 Å². The Kier molecular flexibility index (Phi) is 3.47. The second-order valence-corrected chi connectivity index (χ2v) is 7.07. The molecule has 0 aliphatic heterocycles. The van der Waals surface area contributed by atoms with Crippen LogP contribution >= 0.6 is 22.7 Å². The number of nitrogens with zero attached hydrogens (tertiary/aromatic N) is 3. The van der Waals surface area contributed by atoms with Crippen molar-refractivity contribution in [3.05, 3.63) is 57.5 Å². The first-order chi connectivity index (χ1) is 11.6. The van der Waals surface area contributed by atoms with Gasteiger partial charge >= 0.3 is 0 Å². The third kappa shape index (κ3) is 2.51. The molecule has 4 aromatic rings. The van der Waals surface area contributed by atoms with Crippen molar-refractivity contribution in [2.24, 2.45) is 4.99 Å². The number of non-ortho nitro benzene ring substituents is 1. The molecule has 6 nitrogen and oxygen atoms in total. The minimum absolute atomic E-state index is 0.0313. The van der Waals surface area contributed by atoms with E-state index in [0.29, 0.717) is 20.2 Å². The zero-order chi connectivity index (χ0) is 16.7. The lowest BCUT2D eigenvalue weighted by Crippen LogP contribution is -1.85. The summed E-state index contributed by atoms with van der Waals surface area (Å²) in [6.07, 6.45) is 1.58. The highest BCUT2D eigenvalue weighted by atomic mass is 32.1.